The molecule has 10 aromatic carbocycles. The number of nitrogens with zero attached hydrogens (tertiary/aromatic N) is 2. The zero-order chi connectivity index (χ0) is 44.4. The fourth-order valence-electron chi connectivity index (χ4n) is 11.5. The lowest BCUT2D eigenvalue weighted by Gasteiger charge is -2.34. The molecule has 3 heterocycles. The van der Waals surface area contributed by atoms with Gasteiger partial charge in [-0.05, 0) is 106 Å². The van der Waals surface area contributed by atoms with Crippen molar-refractivity contribution in [2.24, 2.45) is 0 Å². The van der Waals surface area contributed by atoms with E-state index in [1.807, 2.05) is 17.4 Å². The van der Waals surface area contributed by atoms with E-state index in [1.165, 1.54) is 75.5 Å². The predicted molar refractivity (Wildman–Crippen MR) is 284 cm³/mol. The van der Waals surface area contributed by atoms with Gasteiger partial charge < -0.3 is 13.9 Å². The smallest absolute Gasteiger partial charge is 0.136 e. The van der Waals surface area contributed by atoms with E-state index in [0.717, 1.165) is 55.7 Å². The summed E-state index contributed by atoms with van der Waals surface area (Å²) in [4.78, 5) is 2.57. The highest BCUT2D eigenvalue weighted by atomic mass is 32.1. The van der Waals surface area contributed by atoms with Crippen LogP contribution in [0.1, 0.15) is 25.0 Å². The van der Waals surface area contributed by atoms with Crippen LogP contribution in [0.4, 0.5) is 17.1 Å². The maximum atomic E-state index is 6.44. The molecule has 1 aliphatic rings. The van der Waals surface area contributed by atoms with Crippen molar-refractivity contribution in [1.82, 2.24) is 4.57 Å². The normalized spacial score (nSPS) is 13.0. The van der Waals surface area contributed by atoms with Crippen molar-refractivity contribution in [3.8, 4) is 39.1 Å². The van der Waals surface area contributed by atoms with Crippen molar-refractivity contribution in [1.29, 1.82) is 0 Å². The largest absolute Gasteiger partial charge is 0.456 e. The fraction of sp³-hybridized carbons (Fsp3) is 0.0476. The van der Waals surface area contributed by atoms with Gasteiger partial charge in [-0.15, -0.1) is 11.3 Å². The first kappa shape index (κ1) is 38.1. The first-order valence-electron chi connectivity index (χ1n) is 23.1. The maximum Gasteiger partial charge on any atom is 0.136 e. The molecule has 3 aromatic heterocycles. The summed E-state index contributed by atoms with van der Waals surface area (Å²) in [6, 6.07) is 80.3. The van der Waals surface area contributed by atoms with Gasteiger partial charge in [-0.3, -0.25) is 0 Å². The van der Waals surface area contributed by atoms with Gasteiger partial charge in [0.05, 0.1) is 22.4 Å². The highest BCUT2D eigenvalue weighted by Crippen LogP contribution is 2.56. The Bertz CT molecular complexity index is 4110. The lowest BCUT2D eigenvalue weighted by atomic mass is 9.81. The summed E-state index contributed by atoms with van der Waals surface area (Å²) in [5, 5.41) is 7.30. The van der Waals surface area contributed by atoms with Crippen molar-refractivity contribution in [2.75, 3.05) is 4.90 Å². The van der Waals surface area contributed by atoms with Crippen molar-refractivity contribution in [3.63, 3.8) is 0 Å². The fourth-order valence-corrected chi connectivity index (χ4v) is 12.8. The van der Waals surface area contributed by atoms with E-state index < -0.39 is 0 Å². The third kappa shape index (κ3) is 5.57. The van der Waals surface area contributed by atoms with Crippen LogP contribution >= 0.6 is 11.3 Å². The minimum absolute atomic E-state index is 0.266. The summed E-state index contributed by atoms with van der Waals surface area (Å²) >= 11 is 1.89. The molecule has 0 saturated heterocycles. The molecule has 0 amide bonds. The molecule has 0 aliphatic heterocycles. The number of benzene rings is 10. The SMILES string of the molecule is CC1(C)c2ccccc2-c2cccc(N(c3cccc(-c4cccc5oc6ccccc6c45)c3)c3ccc4c(sc5ccccc54)c3-c3cccc(-n4c5ccccc5c5ccccc54)c3)c21. The molecule has 0 N–H and O–H groups in total. The number of rotatable bonds is 6. The molecule has 0 spiro atoms. The minimum Gasteiger partial charge on any atom is -0.456 e. The number of thiophene rings is 1. The van der Waals surface area contributed by atoms with Gasteiger partial charge in [0.2, 0.25) is 0 Å². The molecule has 0 atom stereocenters. The Kier molecular flexibility index (Phi) is 8.20. The van der Waals surface area contributed by atoms with E-state index in [0.29, 0.717) is 0 Å². The lowest BCUT2D eigenvalue weighted by molar-refractivity contribution is 0.661. The van der Waals surface area contributed by atoms with E-state index in [2.05, 4.69) is 236 Å². The van der Waals surface area contributed by atoms with Crippen LogP contribution in [0.3, 0.4) is 0 Å². The monoisotopic (exact) mass is 874 g/mol. The molecule has 0 saturated carbocycles. The first-order valence-corrected chi connectivity index (χ1v) is 23.9. The van der Waals surface area contributed by atoms with Crippen LogP contribution in [-0.2, 0) is 5.41 Å². The molecule has 316 valence electrons. The molecule has 4 heteroatoms. The summed E-state index contributed by atoms with van der Waals surface area (Å²) < 4.78 is 11.4. The third-order valence-electron chi connectivity index (χ3n) is 14.4. The molecular formula is C63H42N2OS. The van der Waals surface area contributed by atoms with E-state index in [1.54, 1.807) is 0 Å². The number of fused-ring (bicyclic) bond motifs is 12. The van der Waals surface area contributed by atoms with Crippen LogP contribution in [0, 0.1) is 0 Å². The highest BCUT2D eigenvalue weighted by molar-refractivity contribution is 7.26. The second-order valence-electron chi connectivity index (χ2n) is 18.4. The molecule has 13 aromatic rings. The summed E-state index contributed by atoms with van der Waals surface area (Å²) in [5.41, 5.74) is 18.3. The molecule has 14 rings (SSSR count). The van der Waals surface area contributed by atoms with Crippen LogP contribution in [0.5, 0.6) is 0 Å². The zero-order valence-corrected chi connectivity index (χ0v) is 37.8. The number of anilines is 3. The Morgan fingerprint density at radius 1 is 0.463 bits per heavy atom. The van der Waals surface area contributed by atoms with Crippen LogP contribution in [-0.4, -0.2) is 4.57 Å². The van der Waals surface area contributed by atoms with E-state index in [9.17, 15) is 0 Å². The molecule has 3 nitrogen and oxygen atoms in total. The maximum absolute atomic E-state index is 6.44. The van der Waals surface area contributed by atoms with Crippen LogP contribution in [0.25, 0.3) is 103 Å². The van der Waals surface area contributed by atoms with Crippen molar-refractivity contribution in [3.05, 3.63) is 230 Å². The summed E-state index contributed by atoms with van der Waals surface area (Å²) in [7, 11) is 0. The molecular weight excluding hydrogens is 833 g/mol. The van der Waals surface area contributed by atoms with Crippen molar-refractivity contribution in [2.45, 2.75) is 19.3 Å². The quantitative estimate of drug-likeness (QED) is 0.166. The Hall–Kier alpha value is -8.18. The Morgan fingerprint density at radius 3 is 1.96 bits per heavy atom. The molecule has 0 bridgehead atoms. The first-order chi connectivity index (χ1) is 33.0. The average Bonchev–Trinajstić information content (AvgIpc) is 4.11. The topological polar surface area (TPSA) is 21.3 Å². The van der Waals surface area contributed by atoms with E-state index >= 15 is 0 Å². The van der Waals surface area contributed by atoms with E-state index in [4.69, 9.17) is 4.42 Å². The average molecular weight is 875 g/mol. The predicted octanol–water partition coefficient (Wildman–Crippen LogP) is 18.2. The van der Waals surface area contributed by atoms with Gasteiger partial charge >= 0.3 is 0 Å². The zero-order valence-electron chi connectivity index (χ0n) is 37.0. The second-order valence-corrected chi connectivity index (χ2v) is 19.4. The third-order valence-corrected chi connectivity index (χ3v) is 15.6. The van der Waals surface area contributed by atoms with Gasteiger partial charge in [0.15, 0.2) is 0 Å². The highest BCUT2D eigenvalue weighted by Gasteiger charge is 2.39. The molecule has 0 unspecified atom stereocenters. The van der Waals surface area contributed by atoms with E-state index in [-0.39, 0.29) is 5.41 Å². The number of hydrogen-bond donors (Lipinski definition) is 0. The Labute approximate surface area is 392 Å². The Balaban J connectivity index is 1.07. The number of para-hydroxylation sites is 3. The molecule has 0 fully saturated rings. The van der Waals surface area contributed by atoms with Gasteiger partial charge in [0, 0.05) is 64.1 Å². The minimum atomic E-state index is -0.266. The summed E-state index contributed by atoms with van der Waals surface area (Å²) in [6.45, 7) is 4.79. The van der Waals surface area contributed by atoms with Crippen molar-refractivity contribution < 1.29 is 4.42 Å². The van der Waals surface area contributed by atoms with Gasteiger partial charge in [-0.25, -0.2) is 0 Å². The van der Waals surface area contributed by atoms with Gasteiger partial charge in [0.25, 0.3) is 0 Å². The number of hydrogen-bond acceptors (Lipinski definition) is 3. The summed E-state index contributed by atoms with van der Waals surface area (Å²) in [6.07, 6.45) is 0. The van der Waals surface area contributed by atoms with Crippen LogP contribution in [0.2, 0.25) is 0 Å². The molecule has 67 heavy (non-hydrogen) atoms. The molecule has 0 radical (unpaired) electrons. The second kappa shape index (κ2) is 14.4. The molecule has 1 aliphatic carbocycles. The van der Waals surface area contributed by atoms with Gasteiger partial charge in [-0.1, -0.05) is 166 Å². The van der Waals surface area contributed by atoms with Crippen LogP contribution in [0.15, 0.2) is 223 Å². The Morgan fingerprint density at radius 2 is 1.10 bits per heavy atom. The van der Waals surface area contributed by atoms with Crippen molar-refractivity contribution >= 4 is 92.3 Å². The lowest BCUT2D eigenvalue weighted by Crippen LogP contribution is -2.21. The van der Waals surface area contributed by atoms with Gasteiger partial charge in [-0.2, -0.15) is 0 Å². The van der Waals surface area contributed by atoms with Gasteiger partial charge in [0.1, 0.15) is 11.2 Å². The standard InChI is InChI=1S/C63H42N2OS/c1-63(2)51-28-8-3-21-44(51)48-27-15-31-55(61(48)63)65(41-19-13-17-39(37-41)43-26-16-33-57-60(43)50-25-6-11-32-56(50)66-57)54-36-35-49-47-24-7-12-34-58(47)67-62(49)59(54)40-18-14-20-42(38-40)64-52-29-9-4-22-45(52)46-23-5-10-30-53(46)64/h3-38H,1-2H3. The summed E-state index contributed by atoms with van der Waals surface area (Å²) in [5.74, 6) is 0. The number of furan rings is 1. The van der Waals surface area contributed by atoms with Crippen LogP contribution < -0.4 is 4.90 Å². The number of aromatic nitrogens is 1.